The summed E-state index contributed by atoms with van der Waals surface area (Å²) in [5.41, 5.74) is 2.25. The van der Waals surface area contributed by atoms with Gasteiger partial charge < -0.3 is 19.3 Å². The lowest BCUT2D eigenvalue weighted by Crippen LogP contribution is -2.39. The van der Waals surface area contributed by atoms with E-state index in [2.05, 4.69) is 11.0 Å². The number of para-hydroxylation sites is 1. The van der Waals surface area contributed by atoms with E-state index in [4.69, 9.17) is 14.2 Å². The quantitative estimate of drug-likeness (QED) is 0.679. The van der Waals surface area contributed by atoms with Crippen LogP contribution in [0.3, 0.4) is 0 Å². The Labute approximate surface area is 167 Å². The first-order valence-corrected chi connectivity index (χ1v) is 9.97. The maximum atomic E-state index is 10.6. The van der Waals surface area contributed by atoms with Gasteiger partial charge in [0.25, 0.3) is 0 Å². The summed E-state index contributed by atoms with van der Waals surface area (Å²) in [6, 6.07) is 15.9. The van der Waals surface area contributed by atoms with Gasteiger partial charge in [0.05, 0.1) is 13.2 Å². The normalized spacial score (nSPS) is 17.6. The Morgan fingerprint density at radius 2 is 2.07 bits per heavy atom. The summed E-state index contributed by atoms with van der Waals surface area (Å²) in [7, 11) is 1.69. The van der Waals surface area contributed by atoms with Crippen molar-refractivity contribution in [3.05, 3.63) is 59.7 Å². The van der Waals surface area contributed by atoms with Gasteiger partial charge in [0.15, 0.2) is 0 Å². The standard InChI is InChI=1S/C23H31NO4/c1-18-7-5-9-21(13-18)28-17-20(25)15-24(16-22-10-6-12-27-22)14-19-8-3-4-11-23(19)26-2/h3-5,7-9,11,13,20,22,25H,6,10,12,14-17H2,1-2H3. The number of methoxy groups -OCH3 is 1. The molecule has 0 aliphatic carbocycles. The maximum absolute atomic E-state index is 10.6. The van der Waals surface area contributed by atoms with Crippen molar-refractivity contribution in [2.24, 2.45) is 0 Å². The highest BCUT2D eigenvalue weighted by molar-refractivity contribution is 5.33. The number of ether oxygens (including phenoxy) is 3. The molecule has 2 aromatic rings. The molecule has 0 amide bonds. The molecule has 0 bridgehead atoms. The predicted octanol–water partition coefficient (Wildman–Crippen LogP) is 3.42. The monoisotopic (exact) mass is 385 g/mol. The highest BCUT2D eigenvalue weighted by Gasteiger charge is 2.22. The molecule has 5 nitrogen and oxygen atoms in total. The van der Waals surface area contributed by atoms with E-state index in [1.165, 1.54) is 0 Å². The first kappa shape index (κ1) is 20.6. The van der Waals surface area contributed by atoms with Gasteiger partial charge in [-0.2, -0.15) is 0 Å². The van der Waals surface area contributed by atoms with E-state index in [0.29, 0.717) is 13.1 Å². The summed E-state index contributed by atoms with van der Waals surface area (Å²) in [6.07, 6.45) is 1.81. The molecule has 2 atom stereocenters. The highest BCUT2D eigenvalue weighted by atomic mass is 16.5. The maximum Gasteiger partial charge on any atom is 0.123 e. The molecule has 0 radical (unpaired) electrons. The number of aliphatic hydroxyl groups excluding tert-OH is 1. The topological polar surface area (TPSA) is 51.2 Å². The van der Waals surface area contributed by atoms with Crippen LogP contribution in [0.2, 0.25) is 0 Å². The minimum Gasteiger partial charge on any atom is -0.496 e. The molecule has 152 valence electrons. The number of benzene rings is 2. The average Bonchev–Trinajstić information content (AvgIpc) is 3.20. The van der Waals surface area contributed by atoms with Gasteiger partial charge in [-0.05, 0) is 43.5 Å². The summed E-state index contributed by atoms with van der Waals surface area (Å²) >= 11 is 0. The van der Waals surface area contributed by atoms with Gasteiger partial charge in [0.2, 0.25) is 0 Å². The molecule has 1 fully saturated rings. The molecule has 1 N–H and O–H groups in total. The zero-order chi connectivity index (χ0) is 19.8. The summed E-state index contributed by atoms with van der Waals surface area (Å²) in [4.78, 5) is 2.23. The molecule has 5 heteroatoms. The van der Waals surface area contributed by atoms with Crippen LogP contribution in [0.1, 0.15) is 24.0 Å². The third-order valence-corrected chi connectivity index (χ3v) is 4.97. The van der Waals surface area contributed by atoms with Gasteiger partial charge >= 0.3 is 0 Å². The Morgan fingerprint density at radius 3 is 2.82 bits per heavy atom. The number of hydrogen-bond donors (Lipinski definition) is 1. The molecular formula is C23H31NO4. The summed E-state index contributed by atoms with van der Waals surface area (Å²) in [5.74, 6) is 1.65. The molecule has 28 heavy (non-hydrogen) atoms. The minimum absolute atomic E-state index is 0.222. The lowest BCUT2D eigenvalue weighted by molar-refractivity contribution is 0.0311. The van der Waals surface area contributed by atoms with Crippen LogP contribution in [0.25, 0.3) is 0 Å². The molecule has 1 aliphatic heterocycles. The Kier molecular flexibility index (Phi) is 7.71. The van der Waals surface area contributed by atoms with Crippen LogP contribution in [-0.2, 0) is 11.3 Å². The second kappa shape index (κ2) is 10.5. The number of hydrogen-bond acceptors (Lipinski definition) is 5. The number of aliphatic hydroxyl groups is 1. The van der Waals surface area contributed by atoms with Gasteiger partial charge in [0, 0.05) is 31.8 Å². The van der Waals surface area contributed by atoms with Crippen molar-refractivity contribution in [2.45, 2.75) is 38.5 Å². The number of rotatable bonds is 10. The van der Waals surface area contributed by atoms with E-state index in [9.17, 15) is 5.11 Å². The first-order chi connectivity index (χ1) is 13.6. The summed E-state index contributed by atoms with van der Waals surface area (Å²) in [6.45, 7) is 5.12. The summed E-state index contributed by atoms with van der Waals surface area (Å²) in [5, 5.41) is 10.6. The van der Waals surface area contributed by atoms with Gasteiger partial charge in [0.1, 0.15) is 24.2 Å². The minimum atomic E-state index is -0.586. The van der Waals surface area contributed by atoms with Gasteiger partial charge in [-0.25, -0.2) is 0 Å². The van der Waals surface area contributed by atoms with Gasteiger partial charge in [-0.3, -0.25) is 4.90 Å². The molecule has 0 aromatic heterocycles. The van der Waals surface area contributed by atoms with Crippen molar-refractivity contribution in [2.75, 3.05) is 33.4 Å². The fraction of sp³-hybridized carbons (Fsp3) is 0.478. The molecule has 0 saturated carbocycles. The zero-order valence-corrected chi connectivity index (χ0v) is 16.8. The fourth-order valence-corrected chi connectivity index (χ4v) is 3.60. The largest absolute Gasteiger partial charge is 0.496 e. The molecule has 1 saturated heterocycles. The van der Waals surface area contributed by atoms with E-state index < -0.39 is 6.10 Å². The average molecular weight is 386 g/mol. The molecule has 2 aromatic carbocycles. The van der Waals surface area contributed by atoms with E-state index in [0.717, 1.165) is 48.6 Å². The van der Waals surface area contributed by atoms with E-state index in [1.807, 2.05) is 49.4 Å². The van der Waals surface area contributed by atoms with E-state index in [1.54, 1.807) is 7.11 Å². The molecule has 1 aliphatic rings. The lowest BCUT2D eigenvalue weighted by atomic mass is 10.1. The molecule has 2 unspecified atom stereocenters. The van der Waals surface area contributed by atoms with Gasteiger partial charge in [-0.15, -0.1) is 0 Å². The number of aryl methyl sites for hydroxylation is 1. The second-order valence-electron chi connectivity index (χ2n) is 7.42. The van der Waals surface area contributed by atoms with Crippen LogP contribution >= 0.6 is 0 Å². The molecule has 3 rings (SSSR count). The van der Waals surface area contributed by atoms with Crippen molar-refractivity contribution in [3.63, 3.8) is 0 Å². The Bertz CT molecular complexity index is 730. The molecule has 0 spiro atoms. The highest BCUT2D eigenvalue weighted by Crippen LogP contribution is 2.21. The van der Waals surface area contributed by atoms with Crippen LogP contribution in [0.15, 0.2) is 48.5 Å². The second-order valence-corrected chi connectivity index (χ2v) is 7.42. The van der Waals surface area contributed by atoms with Crippen molar-refractivity contribution in [1.82, 2.24) is 4.90 Å². The lowest BCUT2D eigenvalue weighted by Gasteiger charge is -2.28. The smallest absolute Gasteiger partial charge is 0.123 e. The number of nitrogens with zero attached hydrogens (tertiary/aromatic N) is 1. The van der Waals surface area contributed by atoms with Crippen LogP contribution in [0, 0.1) is 6.92 Å². The zero-order valence-electron chi connectivity index (χ0n) is 16.8. The predicted molar refractivity (Wildman–Crippen MR) is 110 cm³/mol. The van der Waals surface area contributed by atoms with Crippen molar-refractivity contribution >= 4 is 0 Å². The van der Waals surface area contributed by atoms with Crippen LogP contribution in [0.5, 0.6) is 11.5 Å². The molecular weight excluding hydrogens is 354 g/mol. The van der Waals surface area contributed by atoms with Crippen LogP contribution in [-0.4, -0.2) is 55.6 Å². The Balaban J connectivity index is 1.60. The summed E-state index contributed by atoms with van der Waals surface area (Å²) < 4.78 is 17.1. The Morgan fingerprint density at radius 1 is 1.21 bits per heavy atom. The Hall–Kier alpha value is -2.08. The third kappa shape index (κ3) is 6.23. The van der Waals surface area contributed by atoms with E-state index in [-0.39, 0.29) is 12.7 Å². The first-order valence-electron chi connectivity index (χ1n) is 9.97. The van der Waals surface area contributed by atoms with Crippen molar-refractivity contribution in [1.29, 1.82) is 0 Å². The molecule has 1 heterocycles. The SMILES string of the molecule is COc1ccccc1CN(CC(O)COc1cccc(C)c1)CC1CCCO1. The fourth-order valence-electron chi connectivity index (χ4n) is 3.60. The van der Waals surface area contributed by atoms with Crippen molar-refractivity contribution in [3.8, 4) is 11.5 Å². The van der Waals surface area contributed by atoms with Crippen molar-refractivity contribution < 1.29 is 19.3 Å². The third-order valence-electron chi connectivity index (χ3n) is 4.97. The van der Waals surface area contributed by atoms with Crippen LogP contribution < -0.4 is 9.47 Å². The van der Waals surface area contributed by atoms with E-state index >= 15 is 0 Å². The van der Waals surface area contributed by atoms with Crippen LogP contribution in [0.4, 0.5) is 0 Å². The van der Waals surface area contributed by atoms with Gasteiger partial charge in [-0.1, -0.05) is 30.3 Å².